The first-order chi connectivity index (χ1) is 11.3. The van der Waals surface area contributed by atoms with E-state index in [4.69, 9.17) is 9.47 Å². The first-order valence-electron chi connectivity index (χ1n) is 8.21. The van der Waals surface area contributed by atoms with Crippen LogP contribution >= 0.6 is 0 Å². The van der Waals surface area contributed by atoms with Crippen LogP contribution in [0.1, 0.15) is 39.2 Å². The van der Waals surface area contributed by atoms with Crippen molar-refractivity contribution in [3.8, 4) is 5.75 Å². The first kappa shape index (κ1) is 18.1. The van der Waals surface area contributed by atoms with Crippen LogP contribution in [0.3, 0.4) is 0 Å². The summed E-state index contributed by atoms with van der Waals surface area (Å²) in [6, 6.07) is 7.05. The van der Waals surface area contributed by atoms with E-state index in [2.05, 4.69) is 5.32 Å². The van der Waals surface area contributed by atoms with Gasteiger partial charge in [0.05, 0.1) is 7.11 Å². The van der Waals surface area contributed by atoms with Crippen molar-refractivity contribution in [1.29, 1.82) is 0 Å². The maximum absolute atomic E-state index is 12.5. The molecule has 1 aromatic rings. The van der Waals surface area contributed by atoms with Crippen LogP contribution in [0.4, 0.5) is 4.79 Å². The molecule has 2 amide bonds. The molecule has 0 spiro atoms. The summed E-state index contributed by atoms with van der Waals surface area (Å²) in [5, 5.41) is 2.89. The summed E-state index contributed by atoms with van der Waals surface area (Å²) in [6.07, 6.45) is 1.01. The van der Waals surface area contributed by atoms with Crippen LogP contribution in [0.2, 0.25) is 0 Å². The minimum absolute atomic E-state index is 0.163. The van der Waals surface area contributed by atoms with Crippen LogP contribution in [0, 0.1) is 0 Å². The number of rotatable bonds is 4. The molecule has 132 valence electrons. The van der Waals surface area contributed by atoms with Crippen LogP contribution in [0.5, 0.6) is 5.75 Å². The number of carbonyl (C=O) groups is 2. The number of hydrogen-bond donors (Lipinski definition) is 1. The zero-order valence-electron chi connectivity index (χ0n) is 14.8. The molecular formula is C18H26N2O4. The Hall–Kier alpha value is -2.24. The number of nitrogens with one attached hydrogen (secondary N) is 1. The molecule has 0 saturated carbocycles. The Morgan fingerprint density at radius 3 is 2.67 bits per heavy atom. The number of carbonyl (C=O) groups excluding carboxylic acids is 2. The van der Waals surface area contributed by atoms with Crippen LogP contribution in [-0.2, 0) is 16.1 Å². The van der Waals surface area contributed by atoms with Crippen LogP contribution < -0.4 is 10.1 Å². The molecule has 6 nitrogen and oxygen atoms in total. The van der Waals surface area contributed by atoms with E-state index in [0.29, 0.717) is 19.5 Å². The van der Waals surface area contributed by atoms with Gasteiger partial charge in [-0.05, 0) is 39.7 Å². The molecule has 1 heterocycles. The third-order valence-corrected chi connectivity index (χ3v) is 3.83. The highest BCUT2D eigenvalue weighted by Gasteiger charge is 2.36. The van der Waals surface area contributed by atoms with E-state index < -0.39 is 17.7 Å². The molecule has 1 aromatic carbocycles. The minimum atomic E-state index is -0.571. The maximum Gasteiger partial charge on any atom is 0.410 e. The topological polar surface area (TPSA) is 67.9 Å². The summed E-state index contributed by atoms with van der Waals surface area (Å²) in [6.45, 7) is 6.36. The van der Waals surface area contributed by atoms with Crippen molar-refractivity contribution < 1.29 is 19.1 Å². The quantitative estimate of drug-likeness (QED) is 0.919. The lowest BCUT2D eigenvalue weighted by Crippen LogP contribution is -2.47. The molecule has 1 atom stereocenters. The van der Waals surface area contributed by atoms with Crippen molar-refractivity contribution >= 4 is 12.0 Å². The molecule has 24 heavy (non-hydrogen) atoms. The van der Waals surface area contributed by atoms with Crippen molar-refractivity contribution in [1.82, 2.24) is 10.2 Å². The van der Waals surface area contributed by atoms with Gasteiger partial charge in [-0.3, -0.25) is 9.69 Å². The lowest BCUT2D eigenvalue weighted by Gasteiger charge is -2.28. The molecule has 1 saturated heterocycles. The van der Waals surface area contributed by atoms with Gasteiger partial charge < -0.3 is 14.8 Å². The number of nitrogens with zero attached hydrogens (tertiary/aromatic N) is 1. The molecule has 1 aliphatic rings. The number of hydrogen-bond acceptors (Lipinski definition) is 4. The van der Waals surface area contributed by atoms with Gasteiger partial charge in [0.1, 0.15) is 17.4 Å². The smallest absolute Gasteiger partial charge is 0.410 e. The van der Waals surface area contributed by atoms with Crippen molar-refractivity contribution in [3.63, 3.8) is 0 Å². The third-order valence-electron chi connectivity index (χ3n) is 3.83. The molecule has 0 aromatic heterocycles. The van der Waals surface area contributed by atoms with E-state index in [-0.39, 0.29) is 5.91 Å². The lowest BCUT2D eigenvalue weighted by atomic mass is 10.1. The summed E-state index contributed by atoms with van der Waals surface area (Å²) < 4.78 is 10.7. The Morgan fingerprint density at radius 1 is 1.29 bits per heavy atom. The molecule has 0 radical (unpaired) electrons. The largest absolute Gasteiger partial charge is 0.496 e. The highest BCUT2D eigenvalue weighted by molar-refractivity contribution is 5.86. The van der Waals surface area contributed by atoms with Crippen molar-refractivity contribution in [2.75, 3.05) is 13.7 Å². The molecular weight excluding hydrogens is 308 g/mol. The number of benzene rings is 1. The Balaban J connectivity index is 1.97. The Labute approximate surface area is 143 Å². The Kier molecular flexibility index (Phi) is 5.70. The second-order valence-electron chi connectivity index (χ2n) is 6.86. The fourth-order valence-corrected chi connectivity index (χ4v) is 2.73. The minimum Gasteiger partial charge on any atom is -0.496 e. The van der Waals surface area contributed by atoms with E-state index in [1.54, 1.807) is 7.11 Å². The third kappa shape index (κ3) is 4.63. The van der Waals surface area contributed by atoms with E-state index in [0.717, 1.165) is 17.7 Å². The van der Waals surface area contributed by atoms with Crippen LogP contribution in [0.15, 0.2) is 24.3 Å². The SMILES string of the molecule is COc1ccccc1CNC(=O)C1CCCN1C(=O)OC(C)(C)C. The van der Waals surface area contributed by atoms with Crippen molar-refractivity contribution in [3.05, 3.63) is 29.8 Å². The van der Waals surface area contributed by atoms with Crippen molar-refractivity contribution in [2.24, 2.45) is 0 Å². The average Bonchev–Trinajstić information content (AvgIpc) is 3.01. The van der Waals surface area contributed by atoms with Crippen LogP contribution in [-0.4, -0.2) is 42.2 Å². The highest BCUT2D eigenvalue weighted by Crippen LogP contribution is 2.22. The van der Waals surface area contributed by atoms with Gasteiger partial charge in [0.15, 0.2) is 0 Å². The highest BCUT2D eigenvalue weighted by atomic mass is 16.6. The number of amides is 2. The summed E-state index contributed by atoms with van der Waals surface area (Å²) >= 11 is 0. The van der Waals surface area contributed by atoms with Crippen molar-refractivity contribution in [2.45, 2.75) is 51.8 Å². The maximum atomic E-state index is 12.5. The van der Waals surface area contributed by atoms with Crippen LogP contribution in [0.25, 0.3) is 0 Å². The summed E-state index contributed by atoms with van der Waals surface area (Å²) in [5.41, 5.74) is 0.327. The molecule has 1 unspecified atom stereocenters. The predicted octanol–water partition coefficient (Wildman–Crippen LogP) is 2.71. The molecule has 1 fully saturated rings. The number of methoxy groups -OCH3 is 1. The predicted molar refractivity (Wildman–Crippen MR) is 90.8 cm³/mol. The standard InChI is InChI=1S/C18H26N2O4/c1-18(2,3)24-17(22)20-11-7-9-14(20)16(21)19-12-13-8-5-6-10-15(13)23-4/h5-6,8,10,14H,7,9,11-12H2,1-4H3,(H,19,21). The van der Waals surface area contributed by atoms with Gasteiger partial charge in [-0.25, -0.2) is 4.79 Å². The number of para-hydroxylation sites is 1. The van der Waals surface area contributed by atoms with Gasteiger partial charge >= 0.3 is 6.09 Å². The number of likely N-dealkylation sites (tertiary alicyclic amines) is 1. The summed E-state index contributed by atoms with van der Waals surface area (Å²) in [7, 11) is 1.60. The summed E-state index contributed by atoms with van der Waals surface area (Å²) in [4.78, 5) is 26.3. The molecule has 6 heteroatoms. The van der Waals surface area contributed by atoms with E-state index >= 15 is 0 Å². The van der Waals surface area contributed by atoms with Gasteiger partial charge in [-0.1, -0.05) is 18.2 Å². The fraction of sp³-hybridized carbons (Fsp3) is 0.556. The Morgan fingerprint density at radius 2 is 2.00 bits per heavy atom. The monoisotopic (exact) mass is 334 g/mol. The zero-order valence-corrected chi connectivity index (χ0v) is 14.8. The second kappa shape index (κ2) is 7.55. The van der Waals surface area contributed by atoms with Gasteiger partial charge in [0.25, 0.3) is 0 Å². The zero-order chi connectivity index (χ0) is 17.7. The molecule has 1 aliphatic heterocycles. The average molecular weight is 334 g/mol. The molecule has 0 bridgehead atoms. The molecule has 2 rings (SSSR count). The fourth-order valence-electron chi connectivity index (χ4n) is 2.73. The van der Waals surface area contributed by atoms with Gasteiger partial charge in [0, 0.05) is 18.7 Å². The second-order valence-corrected chi connectivity index (χ2v) is 6.86. The van der Waals surface area contributed by atoms with E-state index in [1.807, 2.05) is 45.0 Å². The first-order valence-corrected chi connectivity index (χ1v) is 8.21. The number of ether oxygens (including phenoxy) is 2. The lowest BCUT2D eigenvalue weighted by molar-refractivity contribution is -0.125. The summed E-state index contributed by atoms with van der Waals surface area (Å²) in [5.74, 6) is 0.567. The van der Waals surface area contributed by atoms with E-state index in [9.17, 15) is 9.59 Å². The van der Waals surface area contributed by atoms with Gasteiger partial charge in [-0.15, -0.1) is 0 Å². The molecule has 1 N–H and O–H groups in total. The van der Waals surface area contributed by atoms with Gasteiger partial charge in [-0.2, -0.15) is 0 Å². The van der Waals surface area contributed by atoms with E-state index in [1.165, 1.54) is 4.90 Å². The molecule has 0 aliphatic carbocycles. The normalized spacial score (nSPS) is 17.5. The van der Waals surface area contributed by atoms with Gasteiger partial charge in [0.2, 0.25) is 5.91 Å². The Bertz CT molecular complexity index is 595.